The van der Waals surface area contributed by atoms with E-state index in [4.69, 9.17) is 10.5 Å². The molecule has 0 spiro atoms. The zero-order chi connectivity index (χ0) is 14.0. The Balaban J connectivity index is 2.28. The van der Waals surface area contributed by atoms with Gasteiger partial charge in [-0.15, -0.1) is 0 Å². The van der Waals surface area contributed by atoms with Crippen LogP contribution in [0.3, 0.4) is 0 Å². The Labute approximate surface area is 111 Å². The summed E-state index contributed by atoms with van der Waals surface area (Å²) in [5.74, 6) is 0.502. The lowest BCUT2D eigenvalue weighted by molar-refractivity contribution is 0.417. The predicted molar refractivity (Wildman–Crippen MR) is 73.6 cm³/mol. The summed E-state index contributed by atoms with van der Waals surface area (Å²) >= 11 is 0. The van der Waals surface area contributed by atoms with E-state index in [1.807, 2.05) is 0 Å². The third-order valence-corrected chi connectivity index (χ3v) is 3.96. The highest BCUT2D eigenvalue weighted by Gasteiger charge is 2.15. The number of aromatic nitrogens is 1. The molecule has 2 rings (SSSR count). The van der Waals surface area contributed by atoms with Crippen LogP contribution in [0.25, 0.3) is 0 Å². The lowest BCUT2D eigenvalue weighted by Crippen LogP contribution is -2.12. The Hall–Kier alpha value is -2.15. The number of sulfonamides is 1. The molecule has 0 unspecified atom stereocenters. The normalized spacial score (nSPS) is 11.3. The van der Waals surface area contributed by atoms with Crippen molar-refractivity contribution in [3.05, 3.63) is 36.7 Å². The summed E-state index contributed by atoms with van der Waals surface area (Å²) in [4.78, 5) is 0.199. The van der Waals surface area contributed by atoms with Gasteiger partial charge in [0.15, 0.2) is 0 Å². The predicted octanol–water partition coefficient (Wildman–Crippen LogP) is 1.42. The minimum absolute atomic E-state index is 0.199. The van der Waals surface area contributed by atoms with Gasteiger partial charge in [-0.2, -0.15) is 0 Å². The Morgan fingerprint density at radius 2 is 2.05 bits per heavy atom. The molecule has 19 heavy (non-hydrogen) atoms. The largest absolute Gasteiger partial charge is 0.495 e. The van der Waals surface area contributed by atoms with Gasteiger partial charge in [0, 0.05) is 19.4 Å². The van der Waals surface area contributed by atoms with Gasteiger partial charge in [0.05, 0.1) is 18.5 Å². The Kier molecular flexibility index (Phi) is 3.39. The summed E-state index contributed by atoms with van der Waals surface area (Å²) in [6, 6.07) is 6.24. The topological polar surface area (TPSA) is 86.3 Å². The van der Waals surface area contributed by atoms with Crippen molar-refractivity contribution in [3.63, 3.8) is 0 Å². The van der Waals surface area contributed by atoms with Crippen molar-refractivity contribution in [1.82, 2.24) is 4.57 Å². The van der Waals surface area contributed by atoms with Crippen LogP contribution in [0.1, 0.15) is 0 Å². The molecule has 2 aromatic rings. The fourth-order valence-corrected chi connectivity index (χ4v) is 2.75. The van der Waals surface area contributed by atoms with Crippen LogP contribution >= 0.6 is 0 Å². The zero-order valence-corrected chi connectivity index (χ0v) is 11.4. The van der Waals surface area contributed by atoms with Crippen molar-refractivity contribution in [2.45, 2.75) is 4.90 Å². The summed E-state index contributed by atoms with van der Waals surface area (Å²) in [6.07, 6.45) is 3.19. The highest BCUT2D eigenvalue weighted by atomic mass is 32.2. The molecule has 0 fully saturated rings. The van der Waals surface area contributed by atoms with Gasteiger partial charge in [-0.05, 0) is 24.3 Å². The van der Waals surface area contributed by atoms with Crippen LogP contribution in [-0.2, 0) is 17.1 Å². The monoisotopic (exact) mass is 281 g/mol. The number of rotatable bonds is 4. The lowest BCUT2D eigenvalue weighted by Gasteiger charge is -2.09. The third kappa shape index (κ3) is 2.82. The maximum absolute atomic E-state index is 12.1. The number of nitrogen functional groups attached to an aromatic ring is 1. The van der Waals surface area contributed by atoms with Crippen molar-refractivity contribution in [1.29, 1.82) is 0 Å². The number of nitrogens with two attached hydrogens (primary N) is 1. The molecular weight excluding hydrogens is 266 g/mol. The maximum Gasteiger partial charge on any atom is 0.263 e. The average molecular weight is 281 g/mol. The lowest BCUT2D eigenvalue weighted by atomic mass is 10.2. The highest BCUT2D eigenvalue weighted by molar-refractivity contribution is 7.92. The van der Waals surface area contributed by atoms with Crippen LogP contribution in [0, 0.1) is 0 Å². The van der Waals surface area contributed by atoms with E-state index in [1.165, 1.54) is 25.4 Å². The van der Waals surface area contributed by atoms with Crippen LogP contribution in [0.2, 0.25) is 0 Å². The number of aryl methyl sites for hydroxylation is 1. The molecular formula is C12H15N3O3S. The van der Waals surface area contributed by atoms with Crippen molar-refractivity contribution in [2.75, 3.05) is 17.6 Å². The molecule has 0 amide bonds. The van der Waals surface area contributed by atoms with Gasteiger partial charge >= 0.3 is 0 Å². The number of hydrogen-bond donors (Lipinski definition) is 2. The average Bonchev–Trinajstić information content (AvgIpc) is 2.76. The summed E-state index contributed by atoms with van der Waals surface area (Å²) < 4.78 is 33.3. The van der Waals surface area contributed by atoms with Crippen LogP contribution in [-0.4, -0.2) is 20.1 Å². The second-order valence-corrected chi connectivity index (χ2v) is 5.76. The van der Waals surface area contributed by atoms with Crippen LogP contribution in [0.15, 0.2) is 41.6 Å². The molecule has 1 heterocycles. The summed E-state index contributed by atoms with van der Waals surface area (Å²) in [5, 5.41) is 0. The third-order valence-electron chi connectivity index (χ3n) is 2.60. The maximum atomic E-state index is 12.1. The summed E-state index contributed by atoms with van der Waals surface area (Å²) in [5.41, 5.74) is 6.49. The van der Waals surface area contributed by atoms with Crippen molar-refractivity contribution < 1.29 is 13.2 Å². The second kappa shape index (κ2) is 4.85. The number of benzene rings is 1. The Bertz CT molecular complexity index is 692. The van der Waals surface area contributed by atoms with Gasteiger partial charge in [-0.25, -0.2) is 8.42 Å². The number of nitrogens with zero attached hydrogens (tertiary/aromatic N) is 1. The fourth-order valence-electron chi connectivity index (χ4n) is 1.65. The first-order valence-corrected chi connectivity index (χ1v) is 6.99. The molecule has 0 aliphatic carbocycles. The Morgan fingerprint density at radius 3 is 2.58 bits per heavy atom. The first-order chi connectivity index (χ1) is 8.92. The minimum Gasteiger partial charge on any atom is -0.495 e. The standard InChI is InChI=1S/C12H15N3O3S/c1-15-6-5-10(8-15)19(16,17)14-9-3-4-12(18-2)11(13)7-9/h3-8,14H,13H2,1-2H3. The molecule has 1 aromatic heterocycles. The first-order valence-electron chi connectivity index (χ1n) is 5.50. The quantitative estimate of drug-likeness (QED) is 0.830. The summed E-state index contributed by atoms with van der Waals surface area (Å²) in [6.45, 7) is 0. The van der Waals surface area contributed by atoms with E-state index in [0.717, 1.165) is 0 Å². The van der Waals surface area contributed by atoms with Gasteiger partial charge in [-0.1, -0.05) is 0 Å². The van der Waals surface area contributed by atoms with E-state index in [0.29, 0.717) is 17.1 Å². The molecule has 0 atom stereocenters. The number of nitrogens with one attached hydrogen (secondary N) is 1. The molecule has 0 saturated carbocycles. The number of hydrogen-bond acceptors (Lipinski definition) is 4. The van der Waals surface area contributed by atoms with E-state index in [9.17, 15) is 8.42 Å². The van der Waals surface area contributed by atoms with Crippen LogP contribution < -0.4 is 15.2 Å². The molecule has 0 saturated heterocycles. The number of anilines is 2. The molecule has 0 aliphatic heterocycles. The second-order valence-electron chi connectivity index (χ2n) is 4.07. The molecule has 3 N–H and O–H groups in total. The van der Waals surface area contributed by atoms with E-state index in [1.54, 1.807) is 29.9 Å². The van der Waals surface area contributed by atoms with Crippen molar-refractivity contribution >= 4 is 21.4 Å². The van der Waals surface area contributed by atoms with Gasteiger partial charge in [-0.3, -0.25) is 4.72 Å². The smallest absolute Gasteiger partial charge is 0.263 e. The van der Waals surface area contributed by atoms with Crippen molar-refractivity contribution in [3.8, 4) is 5.75 Å². The minimum atomic E-state index is -3.60. The molecule has 6 nitrogen and oxygen atoms in total. The molecule has 0 bridgehead atoms. The first kappa shape index (κ1) is 13.3. The van der Waals surface area contributed by atoms with E-state index in [-0.39, 0.29) is 4.90 Å². The molecule has 7 heteroatoms. The molecule has 102 valence electrons. The van der Waals surface area contributed by atoms with E-state index in [2.05, 4.69) is 4.72 Å². The fraction of sp³-hybridized carbons (Fsp3) is 0.167. The van der Waals surface area contributed by atoms with E-state index < -0.39 is 10.0 Å². The van der Waals surface area contributed by atoms with Crippen molar-refractivity contribution in [2.24, 2.45) is 7.05 Å². The van der Waals surface area contributed by atoms with Gasteiger partial charge in [0.2, 0.25) is 0 Å². The number of methoxy groups -OCH3 is 1. The van der Waals surface area contributed by atoms with E-state index >= 15 is 0 Å². The molecule has 1 aromatic carbocycles. The SMILES string of the molecule is COc1ccc(NS(=O)(=O)c2ccn(C)c2)cc1N. The van der Waals surface area contributed by atoms with Crippen LogP contribution in [0.4, 0.5) is 11.4 Å². The molecule has 0 radical (unpaired) electrons. The van der Waals surface area contributed by atoms with Crippen LogP contribution in [0.5, 0.6) is 5.75 Å². The van der Waals surface area contributed by atoms with Gasteiger partial charge in [0.1, 0.15) is 10.6 Å². The number of ether oxygens (including phenoxy) is 1. The van der Waals surface area contributed by atoms with Gasteiger partial charge < -0.3 is 15.0 Å². The van der Waals surface area contributed by atoms with Gasteiger partial charge in [0.25, 0.3) is 10.0 Å². The molecule has 0 aliphatic rings. The Morgan fingerprint density at radius 1 is 1.32 bits per heavy atom. The summed E-state index contributed by atoms with van der Waals surface area (Å²) in [7, 11) is -0.342. The zero-order valence-electron chi connectivity index (χ0n) is 10.6. The highest BCUT2D eigenvalue weighted by Crippen LogP contribution is 2.26.